The fourth-order valence-corrected chi connectivity index (χ4v) is 3.19. The molecule has 1 atom stereocenters. The minimum atomic E-state index is -1.13. The number of hydrogen-bond acceptors (Lipinski definition) is 6. The molecule has 8 heteroatoms. The molecule has 0 radical (unpaired) electrons. The Labute approximate surface area is 144 Å². The van der Waals surface area contributed by atoms with Gasteiger partial charge in [0.15, 0.2) is 5.78 Å². The smallest absolute Gasteiger partial charge is 0.304 e. The van der Waals surface area contributed by atoms with Crippen LogP contribution in [-0.4, -0.2) is 55.0 Å². The minimum absolute atomic E-state index is 0.174. The molecule has 0 saturated carbocycles. The van der Waals surface area contributed by atoms with Gasteiger partial charge in [0.2, 0.25) is 5.91 Å². The fraction of sp³-hybridized carbons (Fsp3) is 0.353. The van der Waals surface area contributed by atoms with E-state index in [2.05, 4.69) is 5.32 Å². The number of rotatable bonds is 6. The van der Waals surface area contributed by atoms with Crippen LogP contribution in [0.2, 0.25) is 0 Å². The van der Waals surface area contributed by atoms with Crippen LogP contribution in [0.5, 0.6) is 11.5 Å². The van der Waals surface area contributed by atoms with Gasteiger partial charge in [-0.25, -0.2) is 0 Å². The van der Waals surface area contributed by atoms with Gasteiger partial charge in [0, 0.05) is 19.2 Å². The zero-order valence-corrected chi connectivity index (χ0v) is 13.9. The number of carboxylic acid groups (broad SMARTS) is 1. The maximum absolute atomic E-state index is 13.1. The molecule has 8 nitrogen and oxygen atoms in total. The van der Waals surface area contributed by atoms with Crippen molar-refractivity contribution in [3.63, 3.8) is 0 Å². The summed E-state index contributed by atoms with van der Waals surface area (Å²) in [4.78, 5) is 38.2. The predicted molar refractivity (Wildman–Crippen MR) is 86.4 cm³/mol. The first-order valence-electron chi connectivity index (χ1n) is 7.75. The van der Waals surface area contributed by atoms with E-state index in [4.69, 9.17) is 14.6 Å². The van der Waals surface area contributed by atoms with Gasteiger partial charge in [-0.2, -0.15) is 0 Å². The lowest BCUT2D eigenvalue weighted by Gasteiger charge is -2.14. The number of methoxy groups -OCH3 is 2. The van der Waals surface area contributed by atoms with Crippen LogP contribution in [-0.2, 0) is 9.59 Å². The summed E-state index contributed by atoms with van der Waals surface area (Å²) in [6.45, 7) is 0.943. The van der Waals surface area contributed by atoms with Crippen LogP contribution in [0.25, 0.3) is 0 Å². The van der Waals surface area contributed by atoms with E-state index < -0.39 is 24.1 Å². The zero-order chi connectivity index (χ0) is 18.1. The van der Waals surface area contributed by atoms with E-state index in [-0.39, 0.29) is 17.0 Å². The first-order valence-corrected chi connectivity index (χ1v) is 7.75. The molecule has 1 saturated heterocycles. The third-order valence-electron chi connectivity index (χ3n) is 4.34. The van der Waals surface area contributed by atoms with Crippen molar-refractivity contribution in [1.29, 1.82) is 0 Å². The highest BCUT2D eigenvalue weighted by Gasteiger charge is 2.46. The summed E-state index contributed by atoms with van der Waals surface area (Å²) in [5, 5.41) is 12.1. The van der Waals surface area contributed by atoms with Crippen molar-refractivity contribution < 1.29 is 29.0 Å². The Morgan fingerprint density at radius 3 is 2.72 bits per heavy atom. The topological polar surface area (TPSA) is 105 Å². The molecular weight excluding hydrogens is 328 g/mol. The molecule has 0 bridgehead atoms. The van der Waals surface area contributed by atoms with Crippen molar-refractivity contribution in [3.05, 3.63) is 35.2 Å². The highest BCUT2D eigenvalue weighted by atomic mass is 16.5. The molecule has 132 valence electrons. The van der Waals surface area contributed by atoms with Crippen molar-refractivity contribution >= 4 is 17.7 Å². The van der Waals surface area contributed by atoms with E-state index in [1.165, 1.54) is 19.1 Å². The second-order valence-electron chi connectivity index (χ2n) is 5.72. The van der Waals surface area contributed by atoms with Gasteiger partial charge < -0.3 is 19.9 Å². The standard InChI is InChI=1S/C17H18N2O6/c1-24-9-3-4-10(12(7-9)25-2)15(22)14-11(8-13(20)21)17(23)19-6-5-18-16(14)19/h3-4,7,11,18H,5-6,8H2,1-2H3,(H,20,21)/t11-/m0/s1. The summed E-state index contributed by atoms with van der Waals surface area (Å²) in [6.07, 6.45) is -0.430. The molecule has 2 aliphatic rings. The monoisotopic (exact) mass is 346 g/mol. The Morgan fingerprint density at radius 1 is 1.32 bits per heavy atom. The van der Waals surface area contributed by atoms with E-state index in [1.54, 1.807) is 18.2 Å². The number of carboxylic acids is 1. The molecule has 0 aliphatic carbocycles. The average molecular weight is 346 g/mol. The maximum atomic E-state index is 13.1. The largest absolute Gasteiger partial charge is 0.497 e. The number of benzene rings is 1. The molecule has 2 N–H and O–H groups in total. The fourth-order valence-electron chi connectivity index (χ4n) is 3.19. The van der Waals surface area contributed by atoms with Crippen LogP contribution in [0, 0.1) is 5.92 Å². The predicted octanol–water partition coefficient (Wildman–Crippen LogP) is 0.634. The van der Waals surface area contributed by atoms with Gasteiger partial charge in [-0.15, -0.1) is 0 Å². The summed E-state index contributed by atoms with van der Waals surface area (Å²) >= 11 is 0. The van der Waals surface area contributed by atoms with E-state index in [1.807, 2.05) is 0 Å². The third-order valence-corrected chi connectivity index (χ3v) is 4.34. The number of ether oxygens (including phenoxy) is 2. The summed E-state index contributed by atoms with van der Waals surface area (Å²) in [7, 11) is 2.93. The van der Waals surface area contributed by atoms with Gasteiger partial charge in [-0.1, -0.05) is 0 Å². The second kappa shape index (κ2) is 6.46. The Bertz CT molecular complexity index is 785. The number of Topliss-reactive ketones (excluding diaryl/α,β-unsaturated/α-hetero) is 1. The third kappa shape index (κ3) is 2.79. The van der Waals surface area contributed by atoms with Crippen LogP contribution in [0.15, 0.2) is 29.6 Å². The summed E-state index contributed by atoms with van der Waals surface area (Å²) < 4.78 is 10.4. The van der Waals surface area contributed by atoms with Crippen molar-refractivity contribution in [1.82, 2.24) is 10.2 Å². The van der Waals surface area contributed by atoms with Crippen molar-refractivity contribution in [2.45, 2.75) is 6.42 Å². The van der Waals surface area contributed by atoms with Crippen molar-refractivity contribution in [2.24, 2.45) is 5.92 Å². The lowest BCUT2D eigenvalue weighted by molar-refractivity contribution is -0.141. The zero-order valence-electron chi connectivity index (χ0n) is 13.9. The highest BCUT2D eigenvalue weighted by Crippen LogP contribution is 2.37. The van der Waals surface area contributed by atoms with Gasteiger partial charge in [0.25, 0.3) is 0 Å². The highest BCUT2D eigenvalue weighted by molar-refractivity contribution is 6.16. The van der Waals surface area contributed by atoms with E-state index >= 15 is 0 Å². The molecule has 1 amide bonds. The van der Waals surface area contributed by atoms with Crippen LogP contribution < -0.4 is 14.8 Å². The Hall–Kier alpha value is -3.03. The first-order chi connectivity index (χ1) is 12.0. The number of ketones is 1. The van der Waals surface area contributed by atoms with Crippen LogP contribution in [0.3, 0.4) is 0 Å². The molecule has 1 aromatic rings. The molecule has 25 heavy (non-hydrogen) atoms. The molecule has 0 spiro atoms. The Morgan fingerprint density at radius 2 is 2.08 bits per heavy atom. The lowest BCUT2D eigenvalue weighted by atomic mass is 9.90. The number of carbonyl (C=O) groups is 3. The van der Waals surface area contributed by atoms with E-state index in [0.29, 0.717) is 30.4 Å². The van der Waals surface area contributed by atoms with Crippen LogP contribution in [0.1, 0.15) is 16.8 Å². The molecule has 0 aromatic heterocycles. The van der Waals surface area contributed by atoms with Crippen LogP contribution in [0.4, 0.5) is 0 Å². The summed E-state index contributed by atoms with van der Waals surface area (Å²) in [5.41, 5.74) is 0.429. The molecule has 0 unspecified atom stereocenters. The molecule has 3 rings (SSSR count). The molecule has 1 aromatic carbocycles. The SMILES string of the molecule is COc1ccc(C(=O)C2=C3NCCN3C(=O)[C@H]2CC(=O)O)c(OC)c1. The van der Waals surface area contributed by atoms with E-state index in [9.17, 15) is 14.4 Å². The Balaban J connectivity index is 2.06. The number of aliphatic carboxylic acids is 1. The maximum Gasteiger partial charge on any atom is 0.304 e. The average Bonchev–Trinajstić information content (AvgIpc) is 3.16. The normalized spacial score (nSPS) is 18.9. The number of nitrogens with one attached hydrogen (secondary N) is 1. The number of fused-ring (bicyclic) bond motifs is 1. The van der Waals surface area contributed by atoms with Crippen LogP contribution >= 0.6 is 0 Å². The quantitative estimate of drug-likeness (QED) is 0.728. The summed E-state index contributed by atoms with van der Waals surface area (Å²) in [5.74, 6) is -1.69. The number of amides is 1. The van der Waals surface area contributed by atoms with Gasteiger partial charge in [-0.3, -0.25) is 19.3 Å². The van der Waals surface area contributed by atoms with Crippen molar-refractivity contribution in [2.75, 3.05) is 27.3 Å². The number of hydrogen-bond donors (Lipinski definition) is 2. The van der Waals surface area contributed by atoms with Gasteiger partial charge in [0.05, 0.1) is 37.7 Å². The second-order valence-corrected chi connectivity index (χ2v) is 5.72. The molecule has 2 aliphatic heterocycles. The number of nitrogens with zero attached hydrogens (tertiary/aromatic N) is 1. The van der Waals surface area contributed by atoms with Gasteiger partial charge in [-0.05, 0) is 12.1 Å². The number of carbonyl (C=O) groups excluding carboxylic acids is 2. The Kier molecular flexibility index (Phi) is 4.35. The van der Waals surface area contributed by atoms with E-state index in [0.717, 1.165) is 0 Å². The molecule has 2 heterocycles. The minimum Gasteiger partial charge on any atom is -0.497 e. The van der Waals surface area contributed by atoms with Gasteiger partial charge >= 0.3 is 5.97 Å². The van der Waals surface area contributed by atoms with Crippen molar-refractivity contribution in [3.8, 4) is 11.5 Å². The first kappa shape index (κ1) is 16.8. The molecular formula is C17H18N2O6. The summed E-state index contributed by atoms with van der Waals surface area (Å²) in [6, 6.07) is 4.73. The lowest BCUT2D eigenvalue weighted by Crippen LogP contribution is -2.29. The molecule has 1 fully saturated rings. The van der Waals surface area contributed by atoms with Gasteiger partial charge in [0.1, 0.15) is 17.3 Å².